The molecule has 6 heteroatoms. The number of aromatic amines is 1. The van der Waals surface area contributed by atoms with E-state index in [0.717, 1.165) is 16.5 Å². The molecule has 0 aliphatic carbocycles. The highest BCUT2D eigenvalue weighted by molar-refractivity contribution is 5.92. The maximum atomic E-state index is 11.8. The number of para-hydroxylation sites is 1. The molecule has 3 rings (SSSR count). The van der Waals surface area contributed by atoms with Gasteiger partial charge in [0, 0.05) is 30.2 Å². The lowest BCUT2D eigenvalue weighted by atomic mass is 10.0. The molecule has 0 spiro atoms. The van der Waals surface area contributed by atoms with Crippen LogP contribution in [-0.2, 0) is 9.53 Å². The Hall–Kier alpha value is -2.05. The van der Waals surface area contributed by atoms with Crippen molar-refractivity contribution in [2.45, 2.75) is 6.04 Å². The predicted molar refractivity (Wildman–Crippen MR) is 77.6 cm³/mol. The van der Waals surface area contributed by atoms with Gasteiger partial charge in [0.05, 0.1) is 25.8 Å². The van der Waals surface area contributed by atoms with Gasteiger partial charge in [0.1, 0.15) is 11.8 Å². The zero-order chi connectivity index (χ0) is 14.8. The minimum Gasteiger partial charge on any atom is -0.495 e. The molecule has 0 bridgehead atoms. The van der Waals surface area contributed by atoms with Crippen LogP contribution in [0.2, 0.25) is 0 Å². The van der Waals surface area contributed by atoms with Crippen molar-refractivity contribution < 1.29 is 19.4 Å². The Kier molecular flexibility index (Phi) is 3.81. The lowest BCUT2D eigenvalue weighted by Gasteiger charge is -2.31. The number of rotatable bonds is 4. The standard InChI is InChI=1S/C15H18N2O4/c1-20-12-4-2-3-10-11(9-16-13(10)12)14(15(18)19)17-5-7-21-8-6-17/h2-4,9,14,16H,5-8H2,1H3,(H,18,19)/t14-/m1/s1. The summed E-state index contributed by atoms with van der Waals surface area (Å²) in [6.07, 6.45) is 1.77. The van der Waals surface area contributed by atoms with Crippen LogP contribution in [0.1, 0.15) is 11.6 Å². The molecule has 1 aromatic heterocycles. The number of aliphatic carboxylic acids is 1. The Morgan fingerprint density at radius 3 is 2.86 bits per heavy atom. The first-order chi connectivity index (χ1) is 10.2. The summed E-state index contributed by atoms with van der Waals surface area (Å²) in [4.78, 5) is 16.8. The number of hydrogen-bond donors (Lipinski definition) is 2. The molecule has 1 atom stereocenters. The largest absolute Gasteiger partial charge is 0.495 e. The van der Waals surface area contributed by atoms with E-state index in [9.17, 15) is 9.90 Å². The number of fused-ring (bicyclic) bond motifs is 1. The molecule has 1 aliphatic heterocycles. The van der Waals surface area contributed by atoms with Crippen molar-refractivity contribution in [2.75, 3.05) is 33.4 Å². The van der Waals surface area contributed by atoms with E-state index in [1.807, 2.05) is 23.1 Å². The third-order valence-electron chi connectivity index (χ3n) is 3.87. The number of benzene rings is 1. The van der Waals surface area contributed by atoms with Crippen LogP contribution < -0.4 is 4.74 Å². The van der Waals surface area contributed by atoms with Crippen molar-refractivity contribution in [1.82, 2.24) is 9.88 Å². The summed E-state index contributed by atoms with van der Waals surface area (Å²) in [6.45, 7) is 2.37. The minimum atomic E-state index is -0.847. The van der Waals surface area contributed by atoms with E-state index in [-0.39, 0.29) is 0 Å². The van der Waals surface area contributed by atoms with Gasteiger partial charge >= 0.3 is 5.97 Å². The normalized spacial score (nSPS) is 17.8. The van der Waals surface area contributed by atoms with Crippen LogP contribution in [-0.4, -0.2) is 54.4 Å². The van der Waals surface area contributed by atoms with Gasteiger partial charge in [-0.05, 0) is 6.07 Å². The van der Waals surface area contributed by atoms with Gasteiger partial charge in [-0.25, -0.2) is 0 Å². The molecule has 112 valence electrons. The van der Waals surface area contributed by atoms with E-state index in [2.05, 4.69) is 4.98 Å². The highest BCUT2D eigenvalue weighted by Crippen LogP contribution is 2.33. The van der Waals surface area contributed by atoms with E-state index in [4.69, 9.17) is 9.47 Å². The first kappa shape index (κ1) is 13.9. The summed E-state index contributed by atoms with van der Waals surface area (Å²) in [5.41, 5.74) is 1.59. The third-order valence-corrected chi connectivity index (χ3v) is 3.87. The second-order valence-corrected chi connectivity index (χ2v) is 5.02. The number of methoxy groups -OCH3 is 1. The van der Waals surface area contributed by atoms with E-state index < -0.39 is 12.0 Å². The smallest absolute Gasteiger partial charge is 0.325 e. The molecule has 1 saturated heterocycles. The van der Waals surface area contributed by atoms with Gasteiger partial charge < -0.3 is 19.6 Å². The number of nitrogens with zero attached hydrogens (tertiary/aromatic N) is 1. The summed E-state index contributed by atoms with van der Waals surface area (Å²) < 4.78 is 10.6. The molecule has 1 aromatic carbocycles. The number of morpholine rings is 1. The monoisotopic (exact) mass is 290 g/mol. The van der Waals surface area contributed by atoms with Crippen LogP contribution in [0.25, 0.3) is 10.9 Å². The van der Waals surface area contributed by atoms with Crippen molar-refractivity contribution in [3.05, 3.63) is 30.0 Å². The summed E-state index contributed by atoms with van der Waals surface area (Å²) in [7, 11) is 1.60. The predicted octanol–water partition coefficient (Wildman–Crippen LogP) is 1.63. The maximum Gasteiger partial charge on any atom is 0.325 e. The van der Waals surface area contributed by atoms with E-state index in [1.165, 1.54) is 0 Å². The molecule has 21 heavy (non-hydrogen) atoms. The second kappa shape index (κ2) is 5.75. The maximum absolute atomic E-state index is 11.8. The summed E-state index contributed by atoms with van der Waals surface area (Å²) >= 11 is 0. The topological polar surface area (TPSA) is 74.8 Å². The van der Waals surface area contributed by atoms with Crippen molar-refractivity contribution in [2.24, 2.45) is 0 Å². The minimum absolute atomic E-state index is 0.565. The first-order valence-electron chi connectivity index (χ1n) is 6.91. The number of carboxylic acid groups (broad SMARTS) is 1. The van der Waals surface area contributed by atoms with Gasteiger partial charge in [-0.1, -0.05) is 12.1 Å². The van der Waals surface area contributed by atoms with Crippen LogP contribution in [0, 0.1) is 0 Å². The number of carbonyl (C=O) groups is 1. The lowest BCUT2D eigenvalue weighted by Crippen LogP contribution is -2.42. The summed E-state index contributed by atoms with van der Waals surface area (Å²) in [6, 6.07) is 4.97. The van der Waals surface area contributed by atoms with Crippen LogP contribution in [0.3, 0.4) is 0 Å². The summed E-state index contributed by atoms with van der Waals surface area (Å²) in [5.74, 6) is -0.134. The first-order valence-corrected chi connectivity index (χ1v) is 6.91. The quantitative estimate of drug-likeness (QED) is 0.895. The fourth-order valence-electron chi connectivity index (χ4n) is 2.87. The van der Waals surface area contributed by atoms with Gasteiger partial charge in [0.15, 0.2) is 0 Å². The van der Waals surface area contributed by atoms with Gasteiger partial charge in [-0.2, -0.15) is 0 Å². The molecule has 2 heterocycles. The lowest BCUT2D eigenvalue weighted by molar-refractivity contribution is -0.145. The molecule has 1 aliphatic rings. The Bertz CT molecular complexity index is 646. The molecule has 1 fully saturated rings. The number of aromatic nitrogens is 1. The molecule has 6 nitrogen and oxygen atoms in total. The highest BCUT2D eigenvalue weighted by Gasteiger charge is 2.31. The van der Waals surface area contributed by atoms with Gasteiger partial charge in [-0.15, -0.1) is 0 Å². The van der Waals surface area contributed by atoms with Crippen LogP contribution in [0.5, 0.6) is 5.75 Å². The molecule has 0 unspecified atom stereocenters. The number of hydrogen-bond acceptors (Lipinski definition) is 4. The Labute approximate surface area is 122 Å². The third kappa shape index (κ3) is 2.48. The Balaban J connectivity index is 2.05. The number of nitrogens with one attached hydrogen (secondary N) is 1. The highest BCUT2D eigenvalue weighted by atomic mass is 16.5. The van der Waals surface area contributed by atoms with Gasteiger partial charge in [0.25, 0.3) is 0 Å². The Morgan fingerprint density at radius 1 is 1.43 bits per heavy atom. The molecular weight excluding hydrogens is 272 g/mol. The molecule has 2 N–H and O–H groups in total. The number of carboxylic acids is 1. The van der Waals surface area contributed by atoms with E-state index >= 15 is 0 Å². The zero-order valence-electron chi connectivity index (χ0n) is 11.8. The van der Waals surface area contributed by atoms with Gasteiger partial charge in [0.2, 0.25) is 0 Å². The zero-order valence-corrected chi connectivity index (χ0v) is 11.8. The van der Waals surface area contributed by atoms with Crippen molar-refractivity contribution in [3.63, 3.8) is 0 Å². The van der Waals surface area contributed by atoms with Crippen LogP contribution >= 0.6 is 0 Å². The van der Waals surface area contributed by atoms with Gasteiger partial charge in [-0.3, -0.25) is 9.69 Å². The molecule has 0 amide bonds. The SMILES string of the molecule is COc1cccc2c([C@H](C(=O)O)N3CCOCC3)c[nH]c12. The van der Waals surface area contributed by atoms with Crippen LogP contribution in [0.4, 0.5) is 0 Å². The average Bonchev–Trinajstić information content (AvgIpc) is 2.92. The Morgan fingerprint density at radius 2 is 2.19 bits per heavy atom. The fourth-order valence-corrected chi connectivity index (χ4v) is 2.87. The van der Waals surface area contributed by atoms with E-state index in [1.54, 1.807) is 13.3 Å². The summed E-state index contributed by atoms with van der Waals surface area (Å²) in [5, 5.41) is 10.5. The van der Waals surface area contributed by atoms with Crippen molar-refractivity contribution in [3.8, 4) is 5.75 Å². The van der Waals surface area contributed by atoms with Crippen molar-refractivity contribution >= 4 is 16.9 Å². The molecular formula is C15H18N2O4. The fraction of sp³-hybridized carbons (Fsp3) is 0.400. The number of ether oxygens (including phenoxy) is 2. The molecule has 2 aromatic rings. The molecule has 0 saturated carbocycles. The van der Waals surface area contributed by atoms with Crippen LogP contribution in [0.15, 0.2) is 24.4 Å². The van der Waals surface area contributed by atoms with E-state index in [0.29, 0.717) is 32.1 Å². The second-order valence-electron chi connectivity index (χ2n) is 5.02. The van der Waals surface area contributed by atoms with Crippen molar-refractivity contribution in [1.29, 1.82) is 0 Å². The average molecular weight is 290 g/mol. The number of H-pyrrole nitrogens is 1. The molecule has 0 radical (unpaired) electrons.